The molecule has 1 N–H and O–H groups in total. The van der Waals surface area contributed by atoms with Gasteiger partial charge in [-0.2, -0.15) is 4.98 Å². The summed E-state index contributed by atoms with van der Waals surface area (Å²) in [6.07, 6.45) is 0.462. The first-order valence-electron chi connectivity index (χ1n) is 9.16. The van der Waals surface area contributed by atoms with E-state index in [2.05, 4.69) is 26.2 Å². The van der Waals surface area contributed by atoms with Gasteiger partial charge in [0.05, 0.1) is 11.2 Å². The maximum atomic E-state index is 14.2. The number of aryl methyl sites for hydroxylation is 1. The van der Waals surface area contributed by atoms with Gasteiger partial charge in [0.1, 0.15) is 11.9 Å². The van der Waals surface area contributed by atoms with Gasteiger partial charge in [0.2, 0.25) is 5.91 Å². The quantitative estimate of drug-likeness (QED) is 0.493. The summed E-state index contributed by atoms with van der Waals surface area (Å²) in [7, 11) is 0. The number of para-hydroxylation sites is 1. The molecule has 1 amide bonds. The molecule has 0 aliphatic carbocycles. The minimum atomic E-state index is -0.636. The topological polar surface area (TPSA) is 68.4 Å². The van der Waals surface area contributed by atoms with E-state index in [4.69, 9.17) is 0 Å². The van der Waals surface area contributed by atoms with Crippen LogP contribution in [-0.4, -0.2) is 20.1 Å². The Morgan fingerprint density at radius 1 is 1.24 bits per heavy atom. The number of aromatic nitrogens is 3. The van der Waals surface area contributed by atoms with E-state index in [0.29, 0.717) is 22.2 Å². The van der Waals surface area contributed by atoms with E-state index in [0.717, 1.165) is 10.9 Å². The maximum Gasteiger partial charge on any atom is 0.273 e. The third-order valence-corrected chi connectivity index (χ3v) is 5.36. The highest BCUT2D eigenvalue weighted by Gasteiger charge is 2.25. The molecule has 0 radical (unpaired) electrons. The molecule has 2 heterocycles. The van der Waals surface area contributed by atoms with Crippen molar-refractivity contribution in [1.29, 1.82) is 0 Å². The number of benzene rings is 2. The second kappa shape index (κ2) is 7.44. The first-order chi connectivity index (χ1) is 13.9. The van der Waals surface area contributed by atoms with Crippen LogP contribution in [0.4, 0.5) is 10.1 Å². The summed E-state index contributed by atoms with van der Waals surface area (Å²) < 4.78 is 18.4. The Bertz CT molecular complexity index is 1310. The number of carbonyl (C=O) groups excluding carboxylic acids is 1. The van der Waals surface area contributed by atoms with Crippen molar-refractivity contribution in [3.05, 3.63) is 74.9 Å². The Balaban J connectivity index is 1.88. The Morgan fingerprint density at radius 3 is 2.72 bits per heavy atom. The lowest BCUT2D eigenvalue weighted by Gasteiger charge is -2.20. The van der Waals surface area contributed by atoms with E-state index in [-0.39, 0.29) is 17.2 Å². The fourth-order valence-corrected chi connectivity index (χ4v) is 3.92. The predicted molar refractivity (Wildman–Crippen MR) is 114 cm³/mol. The number of fused-ring (bicyclic) bond motifs is 3. The van der Waals surface area contributed by atoms with Crippen LogP contribution in [0.5, 0.6) is 0 Å². The molecule has 0 aliphatic rings. The minimum Gasteiger partial charge on any atom is -0.322 e. The van der Waals surface area contributed by atoms with Gasteiger partial charge in [-0.15, -0.1) is 0 Å². The van der Waals surface area contributed by atoms with Crippen molar-refractivity contribution in [3.8, 4) is 0 Å². The third kappa shape index (κ3) is 3.33. The van der Waals surface area contributed by atoms with Crippen molar-refractivity contribution in [2.24, 2.45) is 0 Å². The SMILES string of the molecule is CCC(C(=O)Nc1ccc(Br)cc1F)n1c2ccccc2c2nc(=O)cc(C)n21. The summed E-state index contributed by atoms with van der Waals surface area (Å²) >= 11 is 3.21. The summed E-state index contributed by atoms with van der Waals surface area (Å²) in [5.41, 5.74) is 1.70. The number of hydrogen-bond acceptors (Lipinski definition) is 3. The number of carbonyl (C=O) groups is 1. The normalized spacial score (nSPS) is 12.4. The molecule has 1 atom stereocenters. The summed E-state index contributed by atoms with van der Waals surface area (Å²) in [5, 5.41) is 3.46. The Morgan fingerprint density at radius 2 is 2.00 bits per heavy atom. The van der Waals surface area contributed by atoms with E-state index in [1.165, 1.54) is 18.2 Å². The van der Waals surface area contributed by atoms with Gasteiger partial charge in [-0.25, -0.2) is 8.91 Å². The molecule has 0 spiro atoms. The van der Waals surface area contributed by atoms with Crippen LogP contribution < -0.4 is 10.9 Å². The summed E-state index contributed by atoms with van der Waals surface area (Å²) in [4.78, 5) is 29.3. The Kier molecular flexibility index (Phi) is 4.96. The van der Waals surface area contributed by atoms with Gasteiger partial charge in [0.25, 0.3) is 5.56 Å². The largest absolute Gasteiger partial charge is 0.322 e. The monoisotopic (exact) mass is 456 g/mol. The Labute approximate surface area is 174 Å². The lowest BCUT2D eigenvalue weighted by atomic mass is 10.2. The van der Waals surface area contributed by atoms with Crippen molar-refractivity contribution >= 4 is 44.1 Å². The molecule has 4 rings (SSSR count). The van der Waals surface area contributed by atoms with Crippen molar-refractivity contribution in [3.63, 3.8) is 0 Å². The van der Waals surface area contributed by atoms with Crippen molar-refractivity contribution in [1.82, 2.24) is 14.2 Å². The van der Waals surface area contributed by atoms with Crippen LogP contribution in [0.25, 0.3) is 16.6 Å². The average molecular weight is 457 g/mol. The van der Waals surface area contributed by atoms with Gasteiger partial charge in [0, 0.05) is 21.6 Å². The van der Waals surface area contributed by atoms with E-state index in [1.807, 2.05) is 35.9 Å². The van der Waals surface area contributed by atoms with Gasteiger partial charge < -0.3 is 5.32 Å². The first-order valence-corrected chi connectivity index (χ1v) is 9.95. The smallest absolute Gasteiger partial charge is 0.273 e. The van der Waals surface area contributed by atoms with Crippen molar-refractivity contribution < 1.29 is 9.18 Å². The number of nitrogens with zero attached hydrogens (tertiary/aromatic N) is 3. The fourth-order valence-electron chi connectivity index (χ4n) is 3.59. The standard InChI is InChI=1S/C21H18BrFN4O2/c1-3-17(21(29)24-16-9-8-13(22)11-15(16)23)27-18-7-5-4-6-14(18)20-25-19(28)10-12(2)26(20)27/h4-11,17H,3H2,1-2H3,(H,24,29). The first kappa shape index (κ1) is 19.3. The van der Waals surface area contributed by atoms with Gasteiger partial charge in [0.15, 0.2) is 5.65 Å². The fraction of sp³-hybridized carbons (Fsp3) is 0.190. The molecule has 29 heavy (non-hydrogen) atoms. The molecule has 4 aromatic rings. The number of anilines is 1. The summed E-state index contributed by atoms with van der Waals surface area (Å²) in [6, 6.07) is 12.7. The highest BCUT2D eigenvalue weighted by molar-refractivity contribution is 9.10. The van der Waals surface area contributed by atoms with E-state index < -0.39 is 11.9 Å². The molecule has 2 aromatic carbocycles. The molecule has 2 aromatic heterocycles. The summed E-state index contributed by atoms with van der Waals surface area (Å²) in [6.45, 7) is 3.68. The second-order valence-electron chi connectivity index (χ2n) is 6.77. The predicted octanol–water partition coefficient (Wildman–Crippen LogP) is 4.45. The van der Waals surface area contributed by atoms with Crippen LogP contribution in [0.1, 0.15) is 25.1 Å². The van der Waals surface area contributed by atoms with E-state index in [9.17, 15) is 14.0 Å². The number of amides is 1. The molecule has 6 nitrogen and oxygen atoms in total. The number of hydrogen-bond donors (Lipinski definition) is 1. The minimum absolute atomic E-state index is 0.110. The molecule has 8 heteroatoms. The number of halogens is 2. The van der Waals surface area contributed by atoms with E-state index in [1.54, 1.807) is 17.5 Å². The molecule has 0 fully saturated rings. The Hall–Kier alpha value is -3.00. The zero-order valence-electron chi connectivity index (χ0n) is 15.8. The van der Waals surface area contributed by atoms with Crippen LogP contribution in [-0.2, 0) is 4.79 Å². The molecule has 148 valence electrons. The maximum absolute atomic E-state index is 14.2. The third-order valence-electron chi connectivity index (χ3n) is 4.86. The van der Waals surface area contributed by atoms with Crippen molar-refractivity contribution in [2.45, 2.75) is 26.3 Å². The van der Waals surface area contributed by atoms with Crippen LogP contribution >= 0.6 is 15.9 Å². The lowest BCUT2D eigenvalue weighted by molar-refractivity contribution is -0.119. The molecule has 1 unspecified atom stereocenters. The zero-order chi connectivity index (χ0) is 20.7. The molecule has 0 bridgehead atoms. The number of rotatable bonds is 4. The van der Waals surface area contributed by atoms with Crippen LogP contribution in [0.3, 0.4) is 0 Å². The number of nitrogens with one attached hydrogen (secondary N) is 1. The highest BCUT2D eigenvalue weighted by Crippen LogP contribution is 2.28. The molecule has 0 saturated heterocycles. The summed E-state index contributed by atoms with van der Waals surface area (Å²) in [5.74, 6) is -0.874. The second-order valence-corrected chi connectivity index (χ2v) is 7.69. The van der Waals surface area contributed by atoms with Crippen LogP contribution in [0.2, 0.25) is 0 Å². The molecular weight excluding hydrogens is 439 g/mol. The van der Waals surface area contributed by atoms with Gasteiger partial charge in [-0.3, -0.25) is 14.3 Å². The van der Waals surface area contributed by atoms with Gasteiger partial charge >= 0.3 is 0 Å². The average Bonchev–Trinajstić information content (AvgIpc) is 3.00. The molecule has 0 saturated carbocycles. The lowest BCUT2D eigenvalue weighted by Crippen LogP contribution is -2.29. The highest BCUT2D eigenvalue weighted by atomic mass is 79.9. The molecule has 0 aliphatic heterocycles. The van der Waals surface area contributed by atoms with Crippen LogP contribution in [0, 0.1) is 12.7 Å². The van der Waals surface area contributed by atoms with Crippen molar-refractivity contribution in [2.75, 3.05) is 5.32 Å². The van der Waals surface area contributed by atoms with Gasteiger partial charge in [-0.1, -0.05) is 35.0 Å². The van der Waals surface area contributed by atoms with Gasteiger partial charge in [-0.05, 0) is 43.7 Å². The van der Waals surface area contributed by atoms with E-state index >= 15 is 0 Å². The molecular formula is C21H18BrFN4O2. The zero-order valence-corrected chi connectivity index (χ0v) is 17.4. The van der Waals surface area contributed by atoms with Crippen LogP contribution in [0.15, 0.2) is 57.8 Å².